The number of hydrogen-bond acceptors (Lipinski definition) is 5. The molecule has 0 bridgehead atoms. The van der Waals surface area contributed by atoms with Crippen molar-refractivity contribution in [2.75, 3.05) is 17.6 Å². The first-order chi connectivity index (χ1) is 15.2. The lowest BCUT2D eigenvalue weighted by Crippen LogP contribution is -2.34. The van der Waals surface area contributed by atoms with E-state index in [1.54, 1.807) is 6.92 Å². The topological polar surface area (TPSA) is 88.9 Å². The van der Waals surface area contributed by atoms with E-state index in [4.69, 9.17) is 0 Å². The summed E-state index contributed by atoms with van der Waals surface area (Å²) in [4.78, 5) is 24.1. The van der Waals surface area contributed by atoms with Crippen LogP contribution in [0.1, 0.15) is 17.0 Å². The zero-order valence-corrected chi connectivity index (χ0v) is 18.3. The number of benzene rings is 2. The molecule has 0 fully saturated rings. The van der Waals surface area contributed by atoms with E-state index in [1.165, 1.54) is 0 Å². The molecule has 168 valence electrons. The lowest BCUT2D eigenvalue weighted by atomic mass is 10.1. The van der Waals surface area contributed by atoms with Crippen LogP contribution in [0.25, 0.3) is 5.69 Å². The van der Waals surface area contributed by atoms with E-state index in [2.05, 4.69) is 20.8 Å². The zero-order chi connectivity index (χ0) is 23.4. The average Bonchev–Trinajstić information content (AvgIpc) is 3.13. The SMILES string of the molecule is Cc1ccc(C)c(-n2c(C)nnc2SCC(=O)NCC(=O)Nc2ccc(F)c(F)c2F)c1. The molecular weight excluding hydrogens is 443 g/mol. The first-order valence-corrected chi connectivity index (χ1v) is 10.5. The third-order valence-corrected chi connectivity index (χ3v) is 5.42. The van der Waals surface area contributed by atoms with Gasteiger partial charge in [-0.3, -0.25) is 14.2 Å². The Kier molecular flexibility index (Phi) is 7.18. The summed E-state index contributed by atoms with van der Waals surface area (Å²) in [7, 11) is 0. The summed E-state index contributed by atoms with van der Waals surface area (Å²) in [5.41, 5.74) is 2.47. The molecule has 7 nitrogen and oxygen atoms in total. The smallest absolute Gasteiger partial charge is 0.243 e. The zero-order valence-electron chi connectivity index (χ0n) is 17.5. The first kappa shape index (κ1) is 23.3. The Hall–Kier alpha value is -3.34. The van der Waals surface area contributed by atoms with Gasteiger partial charge in [-0.25, -0.2) is 13.2 Å². The van der Waals surface area contributed by atoms with Gasteiger partial charge in [0, 0.05) is 0 Å². The number of carbonyl (C=O) groups excluding carboxylic acids is 2. The minimum absolute atomic E-state index is 0.0458. The molecule has 3 aromatic rings. The van der Waals surface area contributed by atoms with Crippen molar-refractivity contribution in [3.8, 4) is 5.69 Å². The van der Waals surface area contributed by atoms with E-state index in [0.717, 1.165) is 34.6 Å². The molecule has 0 radical (unpaired) electrons. The predicted octanol–water partition coefficient (Wildman–Crippen LogP) is 3.46. The van der Waals surface area contributed by atoms with E-state index in [-0.39, 0.29) is 5.75 Å². The van der Waals surface area contributed by atoms with E-state index >= 15 is 0 Å². The van der Waals surface area contributed by atoms with Gasteiger partial charge in [-0.15, -0.1) is 10.2 Å². The third-order valence-electron chi connectivity index (χ3n) is 4.49. The summed E-state index contributed by atoms with van der Waals surface area (Å²) < 4.78 is 41.7. The fourth-order valence-electron chi connectivity index (χ4n) is 2.85. The van der Waals surface area contributed by atoms with E-state index < -0.39 is 41.5 Å². The molecular formula is C21H20F3N5O2S. The van der Waals surface area contributed by atoms with Crippen LogP contribution in [-0.4, -0.2) is 38.9 Å². The standard InChI is InChI=1S/C21H20F3N5O2S/c1-11-4-5-12(2)16(8-11)29-13(3)27-28-21(29)32-10-18(31)25-9-17(30)26-15-7-6-14(22)19(23)20(15)24/h4-8H,9-10H2,1-3H3,(H,25,31)(H,26,30). The number of nitrogens with zero attached hydrogens (tertiary/aromatic N) is 3. The van der Waals surface area contributed by atoms with Crippen molar-refractivity contribution in [3.63, 3.8) is 0 Å². The van der Waals surface area contributed by atoms with Crippen LogP contribution in [0, 0.1) is 38.2 Å². The van der Waals surface area contributed by atoms with Crippen LogP contribution in [0.5, 0.6) is 0 Å². The highest BCUT2D eigenvalue weighted by Crippen LogP contribution is 2.25. The molecule has 0 spiro atoms. The van der Waals surface area contributed by atoms with Crippen LogP contribution in [0.15, 0.2) is 35.5 Å². The van der Waals surface area contributed by atoms with Gasteiger partial charge in [-0.05, 0) is 50.1 Å². The molecule has 32 heavy (non-hydrogen) atoms. The summed E-state index contributed by atoms with van der Waals surface area (Å²) in [6.45, 7) is 5.27. The van der Waals surface area contributed by atoms with Crippen molar-refractivity contribution in [2.45, 2.75) is 25.9 Å². The molecule has 0 atom stereocenters. The molecule has 2 amide bonds. The number of nitrogens with one attached hydrogen (secondary N) is 2. The maximum atomic E-state index is 13.6. The van der Waals surface area contributed by atoms with Gasteiger partial charge in [0.05, 0.1) is 23.7 Å². The second kappa shape index (κ2) is 9.86. The van der Waals surface area contributed by atoms with Crippen molar-refractivity contribution >= 4 is 29.3 Å². The van der Waals surface area contributed by atoms with Gasteiger partial charge in [0.1, 0.15) is 5.82 Å². The Balaban J connectivity index is 1.58. The van der Waals surface area contributed by atoms with Gasteiger partial charge in [0.2, 0.25) is 11.8 Å². The lowest BCUT2D eigenvalue weighted by molar-refractivity contribution is -0.122. The highest BCUT2D eigenvalue weighted by atomic mass is 32.2. The molecule has 11 heteroatoms. The number of halogens is 3. The Labute approximate surface area is 186 Å². The number of aromatic nitrogens is 3. The molecule has 3 rings (SSSR count). The summed E-state index contributed by atoms with van der Waals surface area (Å²) in [6, 6.07) is 7.57. The van der Waals surface area contributed by atoms with Gasteiger partial charge < -0.3 is 10.6 Å². The number of anilines is 1. The van der Waals surface area contributed by atoms with Crippen LogP contribution in [0.3, 0.4) is 0 Å². The summed E-state index contributed by atoms with van der Waals surface area (Å²) >= 11 is 1.14. The van der Waals surface area contributed by atoms with Gasteiger partial charge in [-0.2, -0.15) is 0 Å². The van der Waals surface area contributed by atoms with Crippen LogP contribution in [-0.2, 0) is 9.59 Å². The number of amides is 2. The Bertz CT molecular complexity index is 1180. The van der Waals surface area contributed by atoms with Crippen LogP contribution < -0.4 is 10.6 Å². The fourth-order valence-corrected chi connectivity index (χ4v) is 3.67. The van der Waals surface area contributed by atoms with Gasteiger partial charge >= 0.3 is 0 Å². The maximum absolute atomic E-state index is 13.6. The first-order valence-electron chi connectivity index (χ1n) is 9.50. The van der Waals surface area contributed by atoms with Gasteiger partial charge in [0.25, 0.3) is 0 Å². The normalized spacial score (nSPS) is 10.8. The fraction of sp³-hybridized carbons (Fsp3) is 0.238. The van der Waals surface area contributed by atoms with Gasteiger partial charge in [-0.1, -0.05) is 23.9 Å². The molecule has 0 aliphatic carbocycles. The number of aryl methyl sites for hydroxylation is 3. The average molecular weight is 463 g/mol. The molecule has 0 aliphatic heterocycles. The molecule has 0 unspecified atom stereocenters. The highest BCUT2D eigenvalue weighted by molar-refractivity contribution is 7.99. The second-order valence-electron chi connectivity index (χ2n) is 6.99. The van der Waals surface area contributed by atoms with Crippen LogP contribution in [0.4, 0.5) is 18.9 Å². The Morgan fingerprint density at radius 1 is 1.00 bits per heavy atom. The van der Waals surface area contributed by atoms with E-state index in [0.29, 0.717) is 17.0 Å². The third kappa shape index (κ3) is 5.28. The lowest BCUT2D eigenvalue weighted by Gasteiger charge is -2.12. The number of hydrogen-bond donors (Lipinski definition) is 2. The molecule has 1 aromatic heterocycles. The predicted molar refractivity (Wildman–Crippen MR) is 114 cm³/mol. The molecule has 0 saturated carbocycles. The molecule has 0 saturated heterocycles. The van der Waals surface area contributed by atoms with Crippen molar-refractivity contribution in [1.82, 2.24) is 20.1 Å². The highest BCUT2D eigenvalue weighted by Gasteiger charge is 2.17. The summed E-state index contributed by atoms with van der Waals surface area (Å²) in [5.74, 6) is -5.21. The van der Waals surface area contributed by atoms with Crippen molar-refractivity contribution in [2.24, 2.45) is 0 Å². The van der Waals surface area contributed by atoms with E-state index in [9.17, 15) is 22.8 Å². The number of rotatable bonds is 7. The maximum Gasteiger partial charge on any atom is 0.243 e. The Morgan fingerprint density at radius 3 is 2.50 bits per heavy atom. The monoisotopic (exact) mass is 463 g/mol. The van der Waals surface area contributed by atoms with Crippen molar-refractivity contribution in [3.05, 3.63) is 64.7 Å². The van der Waals surface area contributed by atoms with E-state index in [1.807, 2.05) is 36.6 Å². The van der Waals surface area contributed by atoms with Crippen LogP contribution >= 0.6 is 11.8 Å². The number of thioether (sulfide) groups is 1. The number of carbonyl (C=O) groups is 2. The minimum Gasteiger partial charge on any atom is -0.346 e. The quantitative estimate of drug-likeness (QED) is 0.414. The molecule has 2 N–H and O–H groups in total. The minimum atomic E-state index is -1.69. The second-order valence-corrected chi connectivity index (χ2v) is 7.93. The van der Waals surface area contributed by atoms with Crippen LogP contribution in [0.2, 0.25) is 0 Å². The summed E-state index contributed by atoms with van der Waals surface area (Å²) in [6.07, 6.45) is 0. The summed E-state index contributed by atoms with van der Waals surface area (Å²) in [5, 5.41) is 13.2. The molecule has 1 heterocycles. The molecule has 2 aromatic carbocycles. The molecule has 0 aliphatic rings. The van der Waals surface area contributed by atoms with Crippen molar-refractivity contribution in [1.29, 1.82) is 0 Å². The van der Waals surface area contributed by atoms with Gasteiger partial charge in [0.15, 0.2) is 22.6 Å². The van der Waals surface area contributed by atoms with Crippen molar-refractivity contribution < 1.29 is 22.8 Å². The largest absolute Gasteiger partial charge is 0.346 e. The Morgan fingerprint density at radius 2 is 1.75 bits per heavy atom.